The van der Waals surface area contributed by atoms with Gasteiger partial charge in [-0.2, -0.15) is 5.10 Å². The van der Waals surface area contributed by atoms with Crippen LogP contribution in [0.4, 0.5) is 0 Å². The molecule has 0 atom stereocenters. The van der Waals surface area contributed by atoms with Crippen LogP contribution in [0.5, 0.6) is 0 Å². The first-order chi connectivity index (χ1) is 16.3. The Labute approximate surface area is 204 Å². The minimum Gasteiger partial charge on any atom is -0.480 e. The van der Waals surface area contributed by atoms with E-state index in [0.717, 1.165) is 5.56 Å². The normalized spacial score (nSPS) is 11.4. The van der Waals surface area contributed by atoms with Crippen molar-refractivity contribution in [3.05, 3.63) is 98.4 Å². The molecule has 2 heterocycles. The number of benzene rings is 3. The minimum atomic E-state index is -0.996. The van der Waals surface area contributed by atoms with E-state index in [1.165, 1.54) is 4.68 Å². The van der Waals surface area contributed by atoms with Gasteiger partial charge in [0.25, 0.3) is 5.56 Å². The number of carboxylic acids is 1. The molecule has 3 aromatic carbocycles. The zero-order valence-corrected chi connectivity index (χ0v) is 19.6. The second-order valence-electron chi connectivity index (χ2n) is 8.07. The van der Waals surface area contributed by atoms with Gasteiger partial charge in [-0.25, -0.2) is 4.68 Å². The van der Waals surface area contributed by atoms with E-state index < -0.39 is 5.97 Å². The molecule has 170 valence electrons. The van der Waals surface area contributed by atoms with E-state index in [9.17, 15) is 14.7 Å². The van der Waals surface area contributed by atoms with E-state index in [1.54, 1.807) is 22.8 Å². The Morgan fingerprint density at radius 1 is 0.971 bits per heavy atom. The maximum atomic E-state index is 13.3. The maximum absolute atomic E-state index is 13.3. The standard InChI is InChI=1S/C26H19Cl2N3O3/c1-15-23(20-11-17(27)12-21(28)25(20)30(15)14-22(32)33)24-18-9-5-6-10-19(18)26(34)31(29-24)13-16-7-3-2-4-8-16/h2-12H,13-14H2,1H3,(H,32,33). The molecule has 0 amide bonds. The van der Waals surface area contributed by atoms with Crippen LogP contribution in [0.2, 0.25) is 10.0 Å². The maximum Gasteiger partial charge on any atom is 0.323 e. The van der Waals surface area contributed by atoms with E-state index >= 15 is 0 Å². The molecule has 0 bridgehead atoms. The molecule has 0 saturated heterocycles. The van der Waals surface area contributed by atoms with Crippen LogP contribution < -0.4 is 5.56 Å². The van der Waals surface area contributed by atoms with Crippen LogP contribution in [0, 0.1) is 6.92 Å². The number of hydrogen-bond acceptors (Lipinski definition) is 3. The fraction of sp³-hybridized carbons (Fsp3) is 0.115. The van der Waals surface area contributed by atoms with Gasteiger partial charge in [-0.1, -0.05) is 71.7 Å². The SMILES string of the molecule is Cc1c(-c2nn(Cc3ccccc3)c(=O)c3ccccc23)c2cc(Cl)cc(Cl)c2n1CC(=O)O. The summed E-state index contributed by atoms with van der Waals surface area (Å²) >= 11 is 12.9. The van der Waals surface area contributed by atoms with Crippen molar-refractivity contribution >= 4 is 50.8 Å². The third-order valence-corrected chi connectivity index (χ3v) is 6.41. The topological polar surface area (TPSA) is 77.1 Å². The van der Waals surface area contributed by atoms with Crippen LogP contribution in [0.3, 0.4) is 0 Å². The average molecular weight is 492 g/mol. The van der Waals surface area contributed by atoms with Gasteiger partial charge in [0.2, 0.25) is 0 Å². The molecule has 6 nitrogen and oxygen atoms in total. The van der Waals surface area contributed by atoms with Gasteiger partial charge >= 0.3 is 5.97 Å². The van der Waals surface area contributed by atoms with Gasteiger partial charge in [0.15, 0.2) is 0 Å². The van der Waals surface area contributed by atoms with Crippen molar-refractivity contribution < 1.29 is 9.90 Å². The molecule has 0 unspecified atom stereocenters. The Balaban J connectivity index is 1.87. The summed E-state index contributed by atoms with van der Waals surface area (Å²) in [5.41, 5.74) is 3.23. The van der Waals surface area contributed by atoms with Gasteiger partial charge in [0.1, 0.15) is 12.2 Å². The second kappa shape index (κ2) is 8.63. The molecule has 0 spiro atoms. The van der Waals surface area contributed by atoms with Crippen molar-refractivity contribution in [3.8, 4) is 11.3 Å². The van der Waals surface area contributed by atoms with Crippen LogP contribution in [0.25, 0.3) is 32.9 Å². The van der Waals surface area contributed by atoms with Gasteiger partial charge in [-0.15, -0.1) is 0 Å². The summed E-state index contributed by atoms with van der Waals surface area (Å²) in [4.78, 5) is 25.0. The predicted octanol–water partition coefficient (Wildman–Crippen LogP) is 5.77. The highest BCUT2D eigenvalue weighted by molar-refractivity contribution is 6.39. The van der Waals surface area contributed by atoms with Crippen LogP contribution in [-0.2, 0) is 17.9 Å². The van der Waals surface area contributed by atoms with E-state index in [4.69, 9.17) is 28.3 Å². The molecule has 8 heteroatoms. The highest BCUT2D eigenvalue weighted by Crippen LogP contribution is 2.40. The number of aliphatic carboxylic acids is 1. The number of aromatic nitrogens is 3. The summed E-state index contributed by atoms with van der Waals surface area (Å²) in [7, 11) is 0. The van der Waals surface area contributed by atoms with Gasteiger partial charge in [-0.05, 0) is 30.7 Å². The summed E-state index contributed by atoms with van der Waals surface area (Å²) in [6.45, 7) is 1.85. The van der Waals surface area contributed by atoms with Crippen LogP contribution in [0.15, 0.2) is 71.5 Å². The van der Waals surface area contributed by atoms with Crippen molar-refractivity contribution in [2.24, 2.45) is 0 Å². The number of fused-ring (bicyclic) bond motifs is 2. The molecule has 5 rings (SSSR count). The van der Waals surface area contributed by atoms with Crippen molar-refractivity contribution in [3.63, 3.8) is 0 Å². The van der Waals surface area contributed by atoms with Crippen molar-refractivity contribution in [2.75, 3.05) is 0 Å². The van der Waals surface area contributed by atoms with Gasteiger partial charge in [0.05, 0.1) is 22.5 Å². The largest absolute Gasteiger partial charge is 0.480 e. The molecule has 0 fully saturated rings. The molecule has 34 heavy (non-hydrogen) atoms. The van der Waals surface area contributed by atoms with Gasteiger partial charge in [-0.3, -0.25) is 9.59 Å². The van der Waals surface area contributed by atoms with E-state index in [0.29, 0.717) is 55.2 Å². The summed E-state index contributed by atoms with van der Waals surface area (Å²) in [6.07, 6.45) is 0. The number of rotatable bonds is 5. The van der Waals surface area contributed by atoms with E-state index in [2.05, 4.69) is 0 Å². The van der Waals surface area contributed by atoms with Crippen LogP contribution in [-0.4, -0.2) is 25.4 Å². The molecule has 0 saturated carbocycles. The first-order valence-electron chi connectivity index (χ1n) is 10.6. The number of hydrogen-bond donors (Lipinski definition) is 1. The first-order valence-corrected chi connectivity index (χ1v) is 11.3. The lowest BCUT2D eigenvalue weighted by atomic mass is 10.0. The number of nitrogens with zero attached hydrogens (tertiary/aromatic N) is 3. The Morgan fingerprint density at radius 3 is 2.35 bits per heavy atom. The lowest BCUT2D eigenvalue weighted by Gasteiger charge is -2.12. The molecule has 0 radical (unpaired) electrons. The third-order valence-electron chi connectivity index (χ3n) is 5.91. The first kappa shape index (κ1) is 22.2. The molecular formula is C26H19Cl2N3O3. The summed E-state index contributed by atoms with van der Waals surface area (Å²) in [5.74, 6) is -0.996. The summed E-state index contributed by atoms with van der Waals surface area (Å²) < 4.78 is 3.09. The monoisotopic (exact) mass is 491 g/mol. The average Bonchev–Trinajstić information content (AvgIpc) is 3.07. The Hall–Kier alpha value is -3.61. The summed E-state index contributed by atoms with van der Waals surface area (Å²) in [6, 6.07) is 20.2. The van der Waals surface area contributed by atoms with E-state index in [1.807, 2.05) is 55.5 Å². The molecule has 0 aliphatic rings. The predicted molar refractivity (Wildman–Crippen MR) is 135 cm³/mol. The van der Waals surface area contributed by atoms with Crippen molar-refractivity contribution in [2.45, 2.75) is 20.0 Å². The Morgan fingerprint density at radius 2 is 1.65 bits per heavy atom. The van der Waals surface area contributed by atoms with Gasteiger partial charge < -0.3 is 9.67 Å². The lowest BCUT2D eigenvalue weighted by molar-refractivity contribution is -0.137. The van der Waals surface area contributed by atoms with Crippen molar-refractivity contribution in [1.29, 1.82) is 0 Å². The minimum absolute atomic E-state index is 0.203. The molecule has 5 aromatic rings. The molecule has 0 aliphatic heterocycles. The van der Waals surface area contributed by atoms with Crippen molar-refractivity contribution in [1.82, 2.24) is 14.3 Å². The van der Waals surface area contributed by atoms with Crippen LogP contribution >= 0.6 is 23.2 Å². The van der Waals surface area contributed by atoms with Crippen LogP contribution in [0.1, 0.15) is 11.3 Å². The zero-order valence-electron chi connectivity index (χ0n) is 18.1. The molecule has 1 N–H and O–H groups in total. The Bertz CT molecular complexity index is 1640. The fourth-order valence-corrected chi connectivity index (χ4v) is 5.04. The number of halogens is 2. The molecule has 0 aliphatic carbocycles. The van der Waals surface area contributed by atoms with Gasteiger partial charge in [0, 0.05) is 27.1 Å². The van der Waals surface area contributed by atoms with E-state index in [-0.39, 0.29) is 12.1 Å². The summed E-state index contributed by atoms with van der Waals surface area (Å²) in [5, 5.41) is 17.0. The molecular weight excluding hydrogens is 473 g/mol. The lowest BCUT2D eigenvalue weighted by Crippen LogP contribution is -2.24. The highest BCUT2D eigenvalue weighted by Gasteiger charge is 2.23. The highest BCUT2D eigenvalue weighted by atomic mass is 35.5. The Kier molecular flexibility index (Phi) is 5.63. The zero-order chi connectivity index (χ0) is 24.0. The third kappa shape index (κ3) is 3.75. The number of carboxylic acid groups (broad SMARTS) is 1. The molecule has 2 aromatic heterocycles. The fourth-order valence-electron chi connectivity index (χ4n) is 4.44. The quantitative estimate of drug-likeness (QED) is 0.338. The number of carbonyl (C=O) groups is 1. The smallest absolute Gasteiger partial charge is 0.323 e. The second-order valence-corrected chi connectivity index (χ2v) is 8.91.